The zero-order valence-electron chi connectivity index (χ0n) is 47.3. The van der Waals surface area contributed by atoms with Crippen LogP contribution < -0.4 is 9.30 Å². The summed E-state index contributed by atoms with van der Waals surface area (Å²) >= 11 is 0. The molecule has 66 heavy (non-hydrogen) atoms. The molecule has 11 aromatic rings. The molecule has 8 aromatic carbocycles. The molecule has 0 saturated heterocycles. The second-order valence-electron chi connectivity index (χ2n) is 16.8. The monoisotopic (exact) mass is 1040 g/mol. The fraction of sp³-hybridized carbons (Fsp3) is 0.100. The third kappa shape index (κ3) is 7.84. The minimum absolute atomic E-state index is 0. The number of rotatable bonds is 9. The van der Waals surface area contributed by atoms with Crippen LogP contribution in [0.1, 0.15) is 54.2 Å². The first kappa shape index (κ1) is 31.5. The summed E-state index contributed by atoms with van der Waals surface area (Å²) in [4.78, 5) is 4.81. The van der Waals surface area contributed by atoms with Gasteiger partial charge in [-0.1, -0.05) is 172 Å². The zero-order valence-corrected chi connectivity index (χ0v) is 38.6. The molecule has 0 aliphatic carbocycles. The van der Waals surface area contributed by atoms with Gasteiger partial charge < -0.3 is 13.9 Å². The minimum Gasteiger partial charge on any atom is -0.510 e. The van der Waals surface area contributed by atoms with E-state index in [4.69, 9.17) is 23.4 Å². The molecule has 1 unspecified atom stereocenters. The molecule has 1 atom stereocenters. The molecule has 6 heteroatoms. The summed E-state index contributed by atoms with van der Waals surface area (Å²) in [5.74, 6) is 0.425. The van der Waals surface area contributed by atoms with Crippen molar-refractivity contribution in [3.63, 3.8) is 0 Å². The van der Waals surface area contributed by atoms with Gasteiger partial charge >= 0.3 is 0 Å². The van der Waals surface area contributed by atoms with Gasteiger partial charge in [0.2, 0.25) is 0 Å². The van der Waals surface area contributed by atoms with Crippen molar-refractivity contribution in [2.45, 2.75) is 33.6 Å². The summed E-state index contributed by atoms with van der Waals surface area (Å²) in [6.45, 7) is 8.08. The largest absolute Gasteiger partial charge is 0.510 e. The molecule has 0 aliphatic rings. The van der Waals surface area contributed by atoms with Gasteiger partial charge in [-0.3, -0.25) is 4.57 Å². The van der Waals surface area contributed by atoms with Crippen LogP contribution >= 0.6 is 0 Å². The maximum Gasteiger partial charge on any atom is 0.268 e. The van der Waals surface area contributed by atoms with Crippen LogP contribution in [-0.4, -0.2) is 14.1 Å². The van der Waals surface area contributed by atoms with Gasteiger partial charge in [0.15, 0.2) is 0 Å². The van der Waals surface area contributed by atoms with Crippen molar-refractivity contribution in [2.75, 3.05) is 0 Å². The van der Waals surface area contributed by atoms with Gasteiger partial charge in [-0.15, -0.1) is 29.7 Å². The predicted molar refractivity (Wildman–Crippen MR) is 264 cm³/mol. The molecule has 3 heterocycles. The number of aromatic nitrogens is 4. The quantitative estimate of drug-likeness (QED) is 0.107. The van der Waals surface area contributed by atoms with Crippen LogP contribution in [-0.2, 0) is 21.1 Å². The van der Waals surface area contributed by atoms with Crippen molar-refractivity contribution >= 4 is 32.8 Å². The van der Waals surface area contributed by atoms with E-state index in [1.807, 2.05) is 115 Å². The van der Waals surface area contributed by atoms with Crippen LogP contribution in [0.3, 0.4) is 0 Å². The van der Waals surface area contributed by atoms with Crippen molar-refractivity contribution in [1.29, 1.82) is 0 Å². The van der Waals surface area contributed by atoms with E-state index >= 15 is 0 Å². The molecule has 0 bridgehead atoms. The van der Waals surface area contributed by atoms with Crippen molar-refractivity contribution in [2.24, 2.45) is 5.41 Å². The summed E-state index contributed by atoms with van der Waals surface area (Å²) in [5.41, 5.74) is 5.48. The number of benzene rings is 8. The smallest absolute Gasteiger partial charge is 0.268 e. The SMILES string of the molecule is [2H]c1c([2H])c([2H])c(-c2cccc(-c3c([2H])c([2H])c([2H])c([2H])c3[2H])c2-[n+]2[c-]n(-c3[c-]c(Oc4[c-]c5c(cc4)c4ccccc4n5-c4cc(C([2H])(C)C(C)(C)C)ccn4)ccc3)c3cc(-c4ccccc4)ccc32)c([2H])c1[2H].[Pt]. The van der Waals surface area contributed by atoms with Gasteiger partial charge in [0.1, 0.15) is 5.82 Å². The molecule has 0 fully saturated rings. The molecule has 0 saturated carbocycles. The first-order chi connectivity index (χ1) is 36.3. The third-order valence-electron chi connectivity index (χ3n) is 11.9. The van der Waals surface area contributed by atoms with Crippen LogP contribution in [0.25, 0.3) is 83.4 Å². The van der Waals surface area contributed by atoms with E-state index in [1.165, 1.54) is 0 Å². The van der Waals surface area contributed by atoms with Crippen LogP contribution in [0.4, 0.5) is 0 Å². The molecule has 11 rings (SSSR count). The van der Waals surface area contributed by atoms with Crippen molar-refractivity contribution in [3.05, 3.63) is 224 Å². The topological polar surface area (TPSA) is 35.9 Å². The Morgan fingerprint density at radius 2 is 1.32 bits per heavy atom. The van der Waals surface area contributed by atoms with Crippen LogP contribution in [0.5, 0.6) is 11.5 Å². The molecule has 0 aliphatic heterocycles. The molecule has 0 N–H and O–H groups in total. The number of para-hydroxylation sites is 2. The fourth-order valence-corrected chi connectivity index (χ4v) is 8.34. The molecule has 3 aromatic heterocycles. The normalized spacial score (nSPS) is 14.9. The van der Waals surface area contributed by atoms with Crippen LogP contribution in [0.15, 0.2) is 200 Å². The van der Waals surface area contributed by atoms with E-state index in [0.717, 1.165) is 33.0 Å². The van der Waals surface area contributed by atoms with Gasteiger partial charge in [-0.05, 0) is 85.6 Å². The Labute approximate surface area is 416 Å². The van der Waals surface area contributed by atoms with Gasteiger partial charge in [0.05, 0.1) is 30.4 Å². The Balaban J connectivity index is 0.00000672. The van der Waals surface area contributed by atoms with Crippen molar-refractivity contribution in [3.8, 4) is 62.1 Å². The minimum atomic E-state index is -0.923. The molecule has 0 radical (unpaired) electrons. The van der Waals surface area contributed by atoms with E-state index in [-0.39, 0.29) is 54.4 Å². The van der Waals surface area contributed by atoms with E-state index in [0.29, 0.717) is 39.6 Å². The maximum absolute atomic E-state index is 9.37. The molecule has 324 valence electrons. The number of ether oxygens (including phenoxy) is 1. The number of imidazole rings is 1. The van der Waals surface area contributed by atoms with E-state index in [2.05, 4.69) is 45.3 Å². The van der Waals surface area contributed by atoms with Crippen molar-refractivity contribution < 1.29 is 45.4 Å². The Morgan fingerprint density at radius 3 is 2.05 bits per heavy atom. The number of fused-ring (bicyclic) bond motifs is 4. The summed E-state index contributed by atoms with van der Waals surface area (Å²) in [5, 5.41) is 1.92. The summed E-state index contributed by atoms with van der Waals surface area (Å²) in [7, 11) is 0. The number of nitrogens with zero attached hydrogens (tertiary/aromatic N) is 4. The number of pyridine rings is 1. The first-order valence-corrected chi connectivity index (χ1v) is 21.2. The van der Waals surface area contributed by atoms with E-state index in [9.17, 15) is 1.37 Å². The molecule has 0 spiro atoms. The Kier molecular flexibility index (Phi) is 8.39. The molecule has 5 nitrogen and oxygen atoms in total. The summed E-state index contributed by atoms with van der Waals surface area (Å²) < 4.78 is 109. The predicted octanol–water partition coefficient (Wildman–Crippen LogP) is 14.7. The zero-order chi connectivity index (χ0) is 53.7. The second-order valence-corrected chi connectivity index (χ2v) is 16.8. The van der Waals surface area contributed by atoms with Gasteiger partial charge in [-0.25, -0.2) is 4.98 Å². The van der Waals surface area contributed by atoms with Crippen LogP contribution in [0.2, 0.25) is 0 Å². The average molecular weight is 1050 g/mol. The van der Waals surface area contributed by atoms with E-state index in [1.54, 1.807) is 39.6 Å². The van der Waals surface area contributed by atoms with E-state index < -0.39 is 66.3 Å². The van der Waals surface area contributed by atoms with Crippen LogP contribution in [0, 0.1) is 23.9 Å². The maximum atomic E-state index is 9.37. The number of hydrogen-bond acceptors (Lipinski definition) is 2. The Hall–Kier alpha value is -7.33. The Bertz CT molecular complexity index is 4040. The van der Waals surface area contributed by atoms with Gasteiger partial charge in [0.25, 0.3) is 6.33 Å². The fourth-order valence-electron chi connectivity index (χ4n) is 8.34. The second kappa shape index (κ2) is 17.6. The van der Waals surface area contributed by atoms with Gasteiger partial charge in [-0.2, -0.15) is 18.2 Å². The first-order valence-electron chi connectivity index (χ1n) is 26.7. The van der Waals surface area contributed by atoms with Crippen molar-refractivity contribution in [1.82, 2.24) is 14.1 Å². The van der Waals surface area contributed by atoms with Gasteiger partial charge in [0, 0.05) is 45.6 Å². The molecular weight excluding hydrogens is 988 g/mol. The third-order valence-corrected chi connectivity index (χ3v) is 11.9. The average Bonchev–Trinajstić information content (AvgIpc) is 4.13. The number of hydrogen-bond donors (Lipinski definition) is 0. The molecular formula is C60H46N4OPt-2. The summed E-state index contributed by atoms with van der Waals surface area (Å²) in [6, 6.07) is 42.9. The standard InChI is InChI=1S/C60H46N4O.Pt/c1-41(60(2,3)4)45-34-35-61-58(37-45)64-54-29-15-14-26-52(54)53-32-31-49(39-56(53)64)65-48-25-16-24-47(38-48)62-40-63(55-33-30-46(36-57(55)62)42-18-8-5-9-19-42)59-50(43-20-10-6-11-21-43)27-17-28-51(59)44-22-12-7-13-23-44;/h5-37,41H,1-4H3;/q-2;/i6D,7D,10D,11D,12D,13D,20D,21D,22D,23D,41D;. The Morgan fingerprint density at radius 1 is 0.636 bits per heavy atom. The molecule has 0 amide bonds. The summed E-state index contributed by atoms with van der Waals surface area (Å²) in [6.07, 6.45) is 5.21.